The van der Waals surface area contributed by atoms with E-state index < -0.39 is 0 Å². The largest absolute Gasteiger partial charge is 0.369 e. The van der Waals surface area contributed by atoms with Gasteiger partial charge in [0, 0.05) is 5.92 Å². The fourth-order valence-electron chi connectivity index (χ4n) is 1.63. The van der Waals surface area contributed by atoms with Crippen molar-refractivity contribution in [3.8, 4) is 0 Å². The molecule has 0 saturated heterocycles. The van der Waals surface area contributed by atoms with Gasteiger partial charge in [-0.15, -0.1) is 0 Å². The maximum Gasteiger partial charge on any atom is 0.221 e. The normalized spacial score (nSPS) is 18.3. The minimum atomic E-state index is -0.140. The van der Waals surface area contributed by atoms with E-state index in [4.69, 9.17) is 5.73 Å². The fourth-order valence-corrected chi connectivity index (χ4v) is 1.63. The van der Waals surface area contributed by atoms with E-state index in [-0.39, 0.29) is 11.8 Å². The van der Waals surface area contributed by atoms with Gasteiger partial charge in [-0.25, -0.2) is 0 Å². The summed E-state index contributed by atoms with van der Waals surface area (Å²) in [6.07, 6.45) is 2.05. The molecule has 0 spiro atoms. The summed E-state index contributed by atoms with van der Waals surface area (Å²) >= 11 is 0. The molecular weight excluding hydrogens is 150 g/mol. The molecule has 0 aromatic rings. The number of nitrogens with two attached hydrogens (primary N) is 1. The molecule has 72 valence electrons. The van der Waals surface area contributed by atoms with E-state index >= 15 is 0 Å². The Morgan fingerprint density at radius 2 is 1.50 bits per heavy atom. The maximum atomic E-state index is 11.1. The minimum Gasteiger partial charge on any atom is -0.369 e. The summed E-state index contributed by atoms with van der Waals surface area (Å²) < 4.78 is 0. The first kappa shape index (κ1) is 11.5. The highest BCUT2D eigenvalue weighted by molar-refractivity contribution is 5.77. The smallest absolute Gasteiger partial charge is 0.221 e. The number of carbonyl (C=O) groups is 1. The summed E-state index contributed by atoms with van der Waals surface area (Å²) in [5.41, 5.74) is 5.35. The van der Waals surface area contributed by atoms with Gasteiger partial charge in [0.25, 0.3) is 0 Å². The molecule has 0 fully saturated rings. The standard InChI is InChI=1S/C10H21NO/c1-5-7(3)9(10(11)12)8(4)6-2/h7-9H,5-6H2,1-4H3,(H2,11,12). The molecule has 2 heteroatoms. The zero-order valence-electron chi connectivity index (χ0n) is 8.63. The Labute approximate surface area is 75.5 Å². The zero-order valence-corrected chi connectivity index (χ0v) is 8.63. The molecule has 1 amide bonds. The van der Waals surface area contributed by atoms with Crippen LogP contribution in [0.3, 0.4) is 0 Å². The van der Waals surface area contributed by atoms with E-state index in [0.29, 0.717) is 11.8 Å². The first-order valence-corrected chi connectivity index (χ1v) is 4.83. The number of hydrogen-bond acceptors (Lipinski definition) is 1. The van der Waals surface area contributed by atoms with Crippen LogP contribution in [-0.4, -0.2) is 5.91 Å². The first-order chi connectivity index (χ1) is 5.54. The van der Waals surface area contributed by atoms with Gasteiger partial charge in [-0.3, -0.25) is 4.79 Å². The second-order valence-electron chi connectivity index (χ2n) is 3.70. The maximum absolute atomic E-state index is 11.1. The lowest BCUT2D eigenvalue weighted by Crippen LogP contribution is -2.33. The highest BCUT2D eigenvalue weighted by atomic mass is 16.1. The van der Waals surface area contributed by atoms with Crippen LogP contribution in [0, 0.1) is 17.8 Å². The van der Waals surface area contributed by atoms with Crippen molar-refractivity contribution in [2.24, 2.45) is 23.5 Å². The second kappa shape index (κ2) is 5.18. The molecule has 0 aliphatic carbocycles. The van der Waals surface area contributed by atoms with E-state index in [1.165, 1.54) is 0 Å². The van der Waals surface area contributed by atoms with Crippen LogP contribution in [0.4, 0.5) is 0 Å². The van der Waals surface area contributed by atoms with Gasteiger partial charge in [-0.05, 0) is 11.8 Å². The summed E-state index contributed by atoms with van der Waals surface area (Å²) in [7, 11) is 0. The van der Waals surface area contributed by atoms with E-state index in [2.05, 4.69) is 27.7 Å². The molecule has 0 rings (SSSR count). The summed E-state index contributed by atoms with van der Waals surface area (Å²) in [6, 6.07) is 0. The van der Waals surface area contributed by atoms with Gasteiger partial charge in [0.05, 0.1) is 0 Å². The summed E-state index contributed by atoms with van der Waals surface area (Å²) in [5.74, 6) is 0.744. The highest BCUT2D eigenvalue weighted by Gasteiger charge is 2.26. The lowest BCUT2D eigenvalue weighted by molar-refractivity contribution is -0.125. The van der Waals surface area contributed by atoms with Crippen LogP contribution in [0.15, 0.2) is 0 Å². The van der Waals surface area contributed by atoms with Crippen LogP contribution in [-0.2, 0) is 4.79 Å². The molecular formula is C10H21NO. The highest BCUT2D eigenvalue weighted by Crippen LogP contribution is 2.25. The van der Waals surface area contributed by atoms with Crippen LogP contribution in [0.2, 0.25) is 0 Å². The molecule has 0 aromatic heterocycles. The summed E-state index contributed by atoms with van der Waals surface area (Å²) in [4.78, 5) is 11.1. The molecule has 2 nitrogen and oxygen atoms in total. The number of rotatable bonds is 5. The molecule has 2 atom stereocenters. The number of carbonyl (C=O) groups excluding carboxylic acids is 1. The van der Waals surface area contributed by atoms with Crippen LogP contribution in [0.25, 0.3) is 0 Å². The van der Waals surface area contributed by atoms with Crippen molar-refractivity contribution in [3.05, 3.63) is 0 Å². The van der Waals surface area contributed by atoms with Crippen molar-refractivity contribution >= 4 is 5.91 Å². The average Bonchev–Trinajstić information content (AvgIpc) is 2.03. The predicted molar refractivity (Wildman–Crippen MR) is 51.6 cm³/mol. The van der Waals surface area contributed by atoms with Crippen molar-refractivity contribution in [2.75, 3.05) is 0 Å². The van der Waals surface area contributed by atoms with Gasteiger partial charge >= 0.3 is 0 Å². The topological polar surface area (TPSA) is 43.1 Å². The van der Waals surface area contributed by atoms with Crippen molar-refractivity contribution in [1.29, 1.82) is 0 Å². The molecule has 12 heavy (non-hydrogen) atoms. The van der Waals surface area contributed by atoms with E-state index in [9.17, 15) is 4.79 Å². The van der Waals surface area contributed by atoms with Crippen molar-refractivity contribution < 1.29 is 4.79 Å². The van der Waals surface area contributed by atoms with Crippen molar-refractivity contribution in [2.45, 2.75) is 40.5 Å². The monoisotopic (exact) mass is 171 g/mol. The lowest BCUT2D eigenvalue weighted by atomic mass is 9.80. The third-order valence-electron chi connectivity index (χ3n) is 2.84. The van der Waals surface area contributed by atoms with Gasteiger partial charge in [0.2, 0.25) is 5.91 Å². The third kappa shape index (κ3) is 2.84. The van der Waals surface area contributed by atoms with E-state index in [1.807, 2.05) is 0 Å². The second-order valence-corrected chi connectivity index (χ2v) is 3.70. The molecule has 0 radical (unpaired) electrons. The molecule has 0 aliphatic heterocycles. The van der Waals surface area contributed by atoms with E-state index in [1.54, 1.807) is 0 Å². The molecule has 0 saturated carbocycles. The Hall–Kier alpha value is -0.530. The Bertz CT molecular complexity index is 135. The SMILES string of the molecule is CCC(C)C(C(N)=O)C(C)CC. The minimum absolute atomic E-state index is 0.0556. The Morgan fingerprint density at radius 3 is 1.67 bits per heavy atom. The Balaban J connectivity index is 4.32. The summed E-state index contributed by atoms with van der Waals surface area (Å²) in [6.45, 7) is 8.40. The first-order valence-electron chi connectivity index (χ1n) is 4.83. The van der Waals surface area contributed by atoms with Gasteiger partial charge in [-0.1, -0.05) is 40.5 Å². The van der Waals surface area contributed by atoms with Crippen molar-refractivity contribution in [3.63, 3.8) is 0 Å². The number of primary amides is 1. The molecule has 2 N–H and O–H groups in total. The van der Waals surface area contributed by atoms with Crippen LogP contribution >= 0.6 is 0 Å². The predicted octanol–water partition coefficient (Wildman–Crippen LogP) is 2.18. The van der Waals surface area contributed by atoms with Gasteiger partial charge < -0.3 is 5.73 Å². The third-order valence-corrected chi connectivity index (χ3v) is 2.84. The molecule has 0 aliphatic rings. The lowest BCUT2D eigenvalue weighted by Gasteiger charge is -2.25. The van der Waals surface area contributed by atoms with Gasteiger partial charge in [0.1, 0.15) is 0 Å². The zero-order chi connectivity index (χ0) is 9.72. The fraction of sp³-hybridized carbons (Fsp3) is 0.900. The summed E-state index contributed by atoms with van der Waals surface area (Å²) in [5, 5.41) is 0. The molecule has 2 unspecified atom stereocenters. The number of amides is 1. The van der Waals surface area contributed by atoms with Crippen LogP contribution in [0.5, 0.6) is 0 Å². The van der Waals surface area contributed by atoms with E-state index in [0.717, 1.165) is 12.8 Å². The quantitative estimate of drug-likeness (QED) is 0.677. The average molecular weight is 171 g/mol. The molecule has 0 heterocycles. The Morgan fingerprint density at radius 1 is 1.17 bits per heavy atom. The van der Waals surface area contributed by atoms with Gasteiger partial charge in [-0.2, -0.15) is 0 Å². The molecule has 0 aromatic carbocycles. The van der Waals surface area contributed by atoms with Crippen LogP contribution < -0.4 is 5.73 Å². The van der Waals surface area contributed by atoms with Gasteiger partial charge in [0.15, 0.2) is 0 Å². The van der Waals surface area contributed by atoms with Crippen LogP contribution in [0.1, 0.15) is 40.5 Å². The number of hydrogen-bond donors (Lipinski definition) is 1. The van der Waals surface area contributed by atoms with Crippen molar-refractivity contribution in [1.82, 2.24) is 0 Å². The molecule has 0 bridgehead atoms. The Kier molecular flexibility index (Phi) is 4.95.